The van der Waals surface area contributed by atoms with Gasteiger partial charge in [-0.25, -0.2) is 4.98 Å². The maximum absolute atomic E-state index is 12.4. The number of likely N-dealkylation sites (N-methyl/N-ethyl adjacent to an activating group) is 1. The summed E-state index contributed by atoms with van der Waals surface area (Å²) in [6.07, 6.45) is 4.48. The van der Waals surface area contributed by atoms with Crippen molar-refractivity contribution in [3.63, 3.8) is 0 Å². The molecule has 3 heterocycles. The summed E-state index contributed by atoms with van der Waals surface area (Å²) in [6.45, 7) is 7.84. The van der Waals surface area contributed by atoms with Gasteiger partial charge in [0.25, 0.3) is 5.56 Å². The maximum atomic E-state index is 12.4. The van der Waals surface area contributed by atoms with Crippen LogP contribution in [-0.4, -0.2) is 47.7 Å². The zero-order chi connectivity index (χ0) is 18.5. The summed E-state index contributed by atoms with van der Waals surface area (Å²) in [5, 5.41) is 4.05. The van der Waals surface area contributed by atoms with E-state index in [-0.39, 0.29) is 5.56 Å². The minimum absolute atomic E-state index is 0.103. The molecule has 2 aliphatic rings. The van der Waals surface area contributed by atoms with Crippen molar-refractivity contribution < 1.29 is 0 Å². The summed E-state index contributed by atoms with van der Waals surface area (Å²) >= 11 is 3.41. The first-order chi connectivity index (χ1) is 12.6. The van der Waals surface area contributed by atoms with Gasteiger partial charge in [0.15, 0.2) is 0 Å². The number of rotatable bonds is 1. The Morgan fingerprint density at radius 2 is 2.12 bits per heavy atom. The second-order valence-corrected chi connectivity index (χ2v) is 8.24. The molecule has 1 N–H and O–H groups in total. The topological polar surface area (TPSA) is 50.2 Å². The van der Waals surface area contributed by atoms with Gasteiger partial charge in [-0.3, -0.25) is 9.36 Å². The van der Waals surface area contributed by atoms with Crippen molar-refractivity contribution in [2.75, 3.05) is 33.2 Å². The number of halogens is 1. The minimum atomic E-state index is 0.103. The quantitative estimate of drug-likeness (QED) is 0.769. The lowest BCUT2D eigenvalue weighted by molar-refractivity contribution is 0.358. The second kappa shape index (κ2) is 9.11. The molecular weight excluding hydrogens is 392 g/mol. The van der Waals surface area contributed by atoms with Gasteiger partial charge in [0.05, 0.1) is 10.9 Å². The van der Waals surface area contributed by atoms with Crippen LogP contribution in [0.25, 0.3) is 10.9 Å². The third kappa shape index (κ3) is 4.72. The fourth-order valence-corrected chi connectivity index (χ4v) is 3.99. The Kier molecular flexibility index (Phi) is 6.84. The highest BCUT2D eigenvalue weighted by atomic mass is 79.9. The standard InChI is InChI=1S/C14H15BrN2O.C6H14N2/c1-2-9-5-6-17-13(7-9)16-12-4-3-10(15)8-11(12)14(17)18;1-8-5-2-3-7-4-6-8/h3-4,8-9H,2,5-7H2,1H3;7H,2-6H2,1H3/t9-;/m0./s1. The van der Waals surface area contributed by atoms with Crippen LogP contribution in [0.2, 0.25) is 0 Å². The average Bonchev–Trinajstić information content (AvgIpc) is 2.90. The monoisotopic (exact) mass is 420 g/mol. The SMILES string of the molecule is CC[C@H]1CCn2c(nc3ccc(Br)cc3c2=O)C1.CN1CCCNCC1. The van der Waals surface area contributed by atoms with Crippen molar-refractivity contribution in [1.29, 1.82) is 0 Å². The Morgan fingerprint density at radius 3 is 2.92 bits per heavy atom. The Labute approximate surface area is 163 Å². The smallest absolute Gasteiger partial charge is 0.261 e. The number of fused-ring (bicyclic) bond motifs is 2. The van der Waals surface area contributed by atoms with E-state index in [1.807, 2.05) is 22.8 Å². The summed E-state index contributed by atoms with van der Waals surface area (Å²) in [5.74, 6) is 1.62. The van der Waals surface area contributed by atoms with Crippen molar-refractivity contribution >= 4 is 26.8 Å². The summed E-state index contributed by atoms with van der Waals surface area (Å²) in [7, 11) is 2.17. The predicted octanol–water partition coefficient (Wildman–Crippen LogP) is 3.04. The molecule has 1 aromatic carbocycles. The first-order valence-corrected chi connectivity index (χ1v) is 10.5. The average molecular weight is 421 g/mol. The molecule has 26 heavy (non-hydrogen) atoms. The molecule has 1 fully saturated rings. The highest BCUT2D eigenvalue weighted by Gasteiger charge is 2.20. The van der Waals surface area contributed by atoms with Gasteiger partial charge in [0.1, 0.15) is 5.82 Å². The van der Waals surface area contributed by atoms with Crippen molar-refractivity contribution in [3.8, 4) is 0 Å². The molecular formula is C20H29BrN4O. The van der Waals surface area contributed by atoms with Crippen LogP contribution < -0.4 is 10.9 Å². The van der Waals surface area contributed by atoms with Gasteiger partial charge in [-0.2, -0.15) is 0 Å². The van der Waals surface area contributed by atoms with E-state index < -0.39 is 0 Å². The molecule has 0 aliphatic carbocycles. The number of nitrogens with zero attached hydrogens (tertiary/aromatic N) is 3. The molecule has 1 atom stereocenters. The van der Waals surface area contributed by atoms with Gasteiger partial charge in [0, 0.05) is 30.5 Å². The number of aromatic nitrogens is 2. The molecule has 0 amide bonds. The van der Waals surface area contributed by atoms with Gasteiger partial charge >= 0.3 is 0 Å². The van der Waals surface area contributed by atoms with Gasteiger partial charge in [-0.15, -0.1) is 0 Å². The predicted molar refractivity (Wildman–Crippen MR) is 111 cm³/mol. The summed E-state index contributed by atoms with van der Waals surface area (Å²) in [6, 6.07) is 5.72. The number of hydrogen-bond donors (Lipinski definition) is 1. The fraction of sp³-hybridized carbons (Fsp3) is 0.600. The zero-order valence-corrected chi connectivity index (χ0v) is 17.4. The van der Waals surface area contributed by atoms with Crippen LogP contribution in [0.1, 0.15) is 32.0 Å². The van der Waals surface area contributed by atoms with Crippen LogP contribution >= 0.6 is 15.9 Å². The molecule has 0 radical (unpaired) electrons. The Bertz CT molecular complexity index is 796. The second-order valence-electron chi connectivity index (χ2n) is 7.32. The molecule has 1 saturated heterocycles. The van der Waals surface area contributed by atoms with E-state index in [0.717, 1.165) is 48.2 Å². The number of nitrogens with one attached hydrogen (secondary N) is 1. The highest BCUT2D eigenvalue weighted by molar-refractivity contribution is 9.10. The molecule has 5 nitrogen and oxygen atoms in total. The first-order valence-electron chi connectivity index (χ1n) is 9.66. The third-order valence-electron chi connectivity index (χ3n) is 5.37. The van der Waals surface area contributed by atoms with Gasteiger partial charge in [-0.05, 0) is 57.1 Å². The first kappa shape index (κ1) is 19.5. The number of hydrogen-bond acceptors (Lipinski definition) is 4. The van der Waals surface area contributed by atoms with Gasteiger partial charge in [-0.1, -0.05) is 29.3 Å². The largest absolute Gasteiger partial charge is 0.315 e. The van der Waals surface area contributed by atoms with Crippen LogP contribution in [0.3, 0.4) is 0 Å². The van der Waals surface area contributed by atoms with Crippen LogP contribution in [0.4, 0.5) is 0 Å². The molecule has 142 valence electrons. The van der Waals surface area contributed by atoms with Crippen LogP contribution in [0.15, 0.2) is 27.5 Å². The van der Waals surface area contributed by atoms with E-state index in [2.05, 4.69) is 45.1 Å². The van der Waals surface area contributed by atoms with E-state index >= 15 is 0 Å². The lowest BCUT2D eigenvalue weighted by Crippen LogP contribution is -2.31. The van der Waals surface area contributed by atoms with Gasteiger partial charge < -0.3 is 10.2 Å². The van der Waals surface area contributed by atoms with Crippen LogP contribution in [0, 0.1) is 5.92 Å². The maximum Gasteiger partial charge on any atom is 0.261 e. The lowest BCUT2D eigenvalue weighted by Gasteiger charge is -2.24. The molecule has 1 aromatic heterocycles. The summed E-state index contributed by atoms with van der Waals surface area (Å²) < 4.78 is 2.78. The van der Waals surface area contributed by atoms with E-state index in [0.29, 0.717) is 11.3 Å². The van der Waals surface area contributed by atoms with Crippen LogP contribution in [-0.2, 0) is 13.0 Å². The molecule has 0 bridgehead atoms. The van der Waals surface area contributed by atoms with E-state index in [4.69, 9.17) is 0 Å². The molecule has 2 aromatic rings. The third-order valence-corrected chi connectivity index (χ3v) is 5.86. The zero-order valence-electron chi connectivity index (χ0n) is 15.8. The van der Waals surface area contributed by atoms with Crippen molar-refractivity contribution in [2.24, 2.45) is 5.92 Å². The summed E-state index contributed by atoms with van der Waals surface area (Å²) in [5.41, 5.74) is 0.914. The van der Waals surface area contributed by atoms with Crippen molar-refractivity contribution in [2.45, 2.75) is 39.2 Å². The Balaban J connectivity index is 0.000000206. The molecule has 0 spiro atoms. The molecule has 0 saturated carbocycles. The Morgan fingerprint density at radius 1 is 1.27 bits per heavy atom. The Hall–Kier alpha value is -1.24. The lowest BCUT2D eigenvalue weighted by atomic mass is 9.95. The molecule has 2 aliphatic heterocycles. The van der Waals surface area contributed by atoms with E-state index in [9.17, 15) is 4.79 Å². The fourth-order valence-electron chi connectivity index (χ4n) is 3.63. The normalized spacial score (nSPS) is 20.8. The number of benzene rings is 1. The van der Waals surface area contributed by atoms with Crippen LogP contribution in [0.5, 0.6) is 0 Å². The highest BCUT2D eigenvalue weighted by Crippen LogP contribution is 2.23. The summed E-state index contributed by atoms with van der Waals surface area (Å²) in [4.78, 5) is 19.4. The van der Waals surface area contributed by atoms with E-state index in [1.165, 1.54) is 26.1 Å². The molecule has 0 unspecified atom stereocenters. The van der Waals surface area contributed by atoms with E-state index in [1.54, 1.807) is 0 Å². The molecule has 6 heteroatoms. The van der Waals surface area contributed by atoms with Crippen molar-refractivity contribution in [3.05, 3.63) is 38.9 Å². The van der Waals surface area contributed by atoms with Gasteiger partial charge in [0.2, 0.25) is 0 Å². The molecule has 4 rings (SSSR count). The van der Waals surface area contributed by atoms with Crippen molar-refractivity contribution in [1.82, 2.24) is 19.8 Å². The minimum Gasteiger partial charge on any atom is -0.315 e.